The largest absolute Gasteiger partial charge is 0.356 e. The molecule has 0 rings (SSSR count). The number of thioether (sulfide) groups is 1. The lowest BCUT2D eigenvalue weighted by Crippen LogP contribution is -2.26. The number of hydrogen-bond donors (Lipinski definition) is 2. The molecule has 0 bridgehead atoms. The van der Waals surface area contributed by atoms with E-state index in [1.165, 1.54) is 11.8 Å². The van der Waals surface area contributed by atoms with Gasteiger partial charge in [0.1, 0.15) is 5.78 Å². The number of nitrogens with one attached hydrogen (secondary N) is 1. The van der Waals surface area contributed by atoms with E-state index in [1.807, 2.05) is 13.8 Å². The first-order valence-corrected chi connectivity index (χ1v) is 11.5. The molecular formula is C17H33NO5S2. The number of amides is 1. The van der Waals surface area contributed by atoms with Crippen LogP contribution in [0.15, 0.2) is 0 Å². The second-order valence-corrected chi connectivity index (χ2v) is 10.0. The normalized spacial score (nSPS) is 13.2. The molecule has 1 atom stereocenters. The molecule has 0 aliphatic carbocycles. The Morgan fingerprint density at radius 1 is 1.12 bits per heavy atom. The Labute approximate surface area is 156 Å². The monoisotopic (exact) mass is 395 g/mol. The molecule has 0 saturated heterocycles. The van der Waals surface area contributed by atoms with Crippen molar-refractivity contribution in [1.82, 2.24) is 5.32 Å². The van der Waals surface area contributed by atoms with Crippen molar-refractivity contribution in [3.63, 3.8) is 0 Å². The van der Waals surface area contributed by atoms with Crippen LogP contribution in [0.5, 0.6) is 0 Å². The van der Waals surface area contributed by atoms with E-state index in [-0.39, 0.29) is 34.4 Å². The summed E-state index contributed by atoms with van der Waals surface area (Å²) >= 11 is 1.33. The predicted molar refractivity (Wildman–Crippen MR) is 103 cm³/mol. The van der Waals surface area contributed by atoms with Gasteiger partial charge in [0.2, 0.25) is 5.91 Å². The van der Waals surface area contributed by atoms with E-state index in [1.54, 1.807) is 0 Å². The summed E-state index contributed by atoms with van der Waals surface area (Å²) in [6.45, 7) is 8.58. The molecule has 2 N–H and O–H groups in total. The molecule has 0 heterocycles. The molecule has 0 aliphatic heterocycles. The number of rotatable bonds is 14. The van der Waals surface area contributed by atoms with Gasteiger partial charge in [-0.2, -0.15) is 20.2 Å². The average Bonchev–Trinajstić information content (AvgIpc) is 2.47. The van der Waals surface area contributed by atoms with Crippen LogP contribution < -0.4 is 5.32 Å². The van der Waals surface area contributed by atoms with Crippen molar-refractivity contribution >= 4 is 33.6 Å². The van der Waals surface area contributed by atoms with E-state index in [0.717, 1.165) is 12.8 Å². The Morgan fingerprint density at radius 3 is 2.28 bits per heavy atom. The number of carbonyl (C=O) groups is 2. The maximum atomic E-state index is 12.0. The lowest BCUT2D eigenvalue weighted by molar-refractivity contribution is -0.123. The van der Waals surface area contributed by atoms with Crippen LogP contribution in [0, 0.1) is 11.8 Å². The molecule has 0 aliphatic rings. The van der Waals surface area contributed by atoms with Crippen LogP contribution >= 0.6 is 11.8 Å². The van der Waals surface area contributed by atoms with Gasteiger partial charge in [-0.25, -0.2) is 0 Å². The van der Waals surface area contributed by atoms with Crippen molar-refractivity contribution in [3.05, 3.63) is 0 Å². The maximum Gasteiger partial charge on any atom is 0.265 e. The van der Waals surface area contributed by atoms with Gasteiger partial charge in [0.15, 0.2) is 0 Å². The molecule has 0 spiro atoms. The summed E-state index contributed by atoms with van der Waals surface area (Å²) < 4.78 is 30.4. The summed E-state index contributed by atoms with van der Waals surface area (Å²) in [4.78, 5) is 23.9. The third-order valence-corrected chi connectivity index (χ3v) is 6.03. The average molecular weight is 396 g/mol. The summed E-state index contributed by atoms with van der Waals surface area (Å²) in [7, 11) is -4.00. The molecule has 0 aromatic heterocycles. The van der Waals surface area contributed by atoms with Crippen molar-refractivity contribution in [2.45, 2.75) is 65.0 Å². The van der Waals surface area contributed by atoms with Gasteiger partial charge in [0.25, 0.3) is 10.1 Å². The molecule has 6 nitrogen and oxygen atoms in total. The van der Waals surface area contributed by atoms with Crippen molar-refractivity contribution in [2.75, 3.05) is 18.1 Å². The highest BCUT2D eigenvalue weighted by molar-refractivity contribution is 8.00. The molecule has 0 fully saturated rings. The Kier molecular flexibility index (Phi) is 12.4. The molecule has 148 valence electrons. The summed E-state index contributed by atoms with van der Waals surface area (Å²) in [6, 6.07) is 0. The summed E-state index contributed by atoms with van der Waals surface area (Å²) in [6.07, 6.45) is 3.16. The second kappa shape index (κ2) is 12.7. The van der Waals surface area contributed by atoms with Crippen LogP contribution in [0.4, 0.5) is 0 Å². The van der Waals surface area contributed by atoms with Gasteiger partial charge in [-0.1, -0.05) is 27.7 Å². The first kappa shape index (κ1) is 24.4. The minimum absolute atomic E-state index is 0.0406. The van der Waals surface area contributed by atoms with E-state index in [2.05, 4.69) is 19.2 Å². The Bertz CT molecular complexity index is 503. The van der Waals surface area contributed by atoms with Gasteiger partial charge < -0.3 is 5.32 Å². The van der Waals surface area contributed by atoms with E-state index >= 15 is 0 Å². The van der Waals surface area contributed by atoms with Gasteiger partial charge >= 0.3 is 0 Å². The van der Waals surface area contributed by atoms with Crippen LogP contribution in [0.25, 0.3) is 0 Å². The Morgan fingerprint density at radius 2 is 1.76 bits per heavy atom. The third kappa shape index (κ3) is 15.4. The van der Waals surface area contributed by atoms with Crippen LogP contribution in [0.1, 0.15) is 59.8 Å². The van der Waals surface area contributed by atoms with Crippen molar-refractivity contribution < 1.29 is 22.6 Å². The zero-order chi connectivity index (χ0) is 19.5. The summed E-state index contributed by atoms with van der Waals surface area (Å²) in [5.41, 5.74) is 0. The minimum atomic E-state index is -4.00. The lowest BCUT2D eigenvalue weighted by atomic mass is 10.0. The fraction of sp³-hybridized carbons (Fsp3) is 0.882. The lowest BCUT2D eigenvalue weighted by Gasteiger charge is -2.17. The van der Waals surface area contributed by atoms with Crippen LogP contribution in [-0.2, 0) is 19.7 Å². The highest BCUT2D eigenvalue weighted by atomic mass is 32.2. The van der Waals surface area contributed by atoms with Gasteiger partial charge in [0.05, 0.1) is 5.75 Å². The van der Waals surface area contributed by atoms with E-state index in [4.69, 9.17) is 4.55 Å². The Hall–Kier alpha value is -0.600. The zero-order valence-electron chi connectivity index (χ0n) is 15.8. The van der Waals surface area contributed by atoms with Gasteiger partial charge in [-0.3, -0.25) is 14.1 Å². The highest BCUT2D eigenvalue weighted by Gasteiger charge is 2.19. The van der Waals surface area contributed by atoms with E-state index in [9.17, 15) is 18.0 Å². The number of ketones is 1. The highest BCUT2D eigenvalue weighted by Crippen LogP contribution is 2.22. The molecule has 25 heavy (non-hydrogen) atoms. The quantitative estimate of drug-likeness (QED) is 0.346. The number of carbonyl (C=O) groups excluding carboxylic acids is 2. The van der Waals surface area contributed by atoms with Gasteiger partial charge in [0, 0.05) is 36.3 Å². The summed E-state index contributed by atoms with van der Waals surface area (Å²) in [5.74, 6) is 0.455. The molecule has 1 unspecified atom stereocenters. The Balaban J connectivity index is 4.31. The molecule has 1 amide bonds. The predicted octanol–water partition coefficient (Wildman–Crippen LogP) is 2.92. The molecule has 0 saturated carbocycles. The molecule has 0 aromatic rings. The smallest absolute Gasteiger partial charge is 0.265 e. The second-order valence-electron chi connectivity index (χ2n) is 7.03. The van der Waals surface area contributed by atoms with Crippen molar-refractivity contribution in [3.8, 4) is 0 Å². The molecule has 0 radical (unpaired) electrons. The first-order valence-electron chi connectivity index (χ1n) is 8.87. The van der Waals surface area contributed by atoms with Crippen molar-refractivity contribution in [2.24, 2.45) is 11.8 Å². The van der Waals surface area contributed by atoms with Gasteiger partial charge in [-0.05, 0) is 25.2 Å². The maximum absolute atomic E-state index is 12.0. The topological polar surface area (TPSA) is 101 Å². The molecule has 8 heteroatoms. The first-order chi connectivity index (χ1) is 11.5. The van der Waals surface area contributed by atoms with E-state index < -0.39 is 10.1 Å². The molecule has 0 aromatic carbocycles. The third-order valence-electron chi connectivity index (χ3n) is 3.74. The number of Topliss-reactive ketones (excluding diaryl/α,β-unsaturated/α-hetero) is 1. The minimum Gasteiger partial charge on any atom is -0.356 e. The zero-order valence-corrected chi connectivity index (χ0v) is 17.4. The van der Waals surface area contributed by atoms with Crippen LogP contribution in [0.3, 0.4) is 0 Å². The SMILES string of the molecule is CC(C)CCCNC(=O)CCC(CC(=O)C(C)C)SCCS(=O)(=O)O. The van der Waals surface area contributed by atoms with Gasteiger partial charge in [-0.15, -0.1) is 0 Å². The fourth-order valence-corrected chi connectivity index (χ4v) is 4.27. The van der Waals surface area contributed by atoms with E-state index in [0.29, 0.717) is 31.7 Å². The molecular weight excluding hydrogens is 362 g/mol. The number of hydrogen-bond acceptors (Lipinski definition) is 5. The van der Waals surface area contributed by atoms with Crippen molar-refractivity contribution in [1.29, 1.82) is 0 Å². The summed E-state index contributed by atoms with van der Waals surface area (Å²) in [5, 5.41) is 2.77. The van der Waals surface area contributed by atoms with Crippen LogP contribution in [-0.4, -0.2) is 48.0 Å². The standard InChI is InChI=1S/C17H33NO5S2/c1-13(2)6-5-9-18-17(20)8-7-15(12-16(19)14(3)4)24-10-11-25(21,22)23/h13-15H,5-12H2,1-4H3,(H,18,20)(H,21,22,23). The van der Waals surface area contributed by atoms with Crippen LogP contribution in [0.2, 0.25) is 0 Å². The fourth-order valence-electron chi connectivity index (χ4n) is 2.14.